The third-order valence-corrected chi connectivity index (χ3v) is 18.3. The van der Waals surface area contributed by atoms with Crippen LogP contribution in [0.1, 0.15) is 74.9 Å². The number of rotatable bonds is 11. The van der Waals surface area contributed by atoms with Gasteiger partial charge in [0.1, 0.15) is 0 Å². The van der Waals surface area contributed by atoms with E-state index in [1.165, 1.54) is 105 Å². The number of fused-ring (bicyclic) bond motifs is 3. The minimum Gasteiger partial charge on any atom is -0.310 e. The molecule has 0 N–H and O–H groups in total. The second-order valence-corrected chi connectivity index (χ2v) is 25.6. The van der Waals surface area contributed by atoms with E-state index >= 15 is 0 Å². The van der Waals surface area contributed by atoms with Gasteiger partial charge in [-0.15, -0.1) is 0 Å². The maximum atomic E-state index is 2.54. The molecule has 0 saturated heterocycles. The van der Waals surface area contributed by atoms with Crippen molar-refractivity contribution in [1.29, 1.82) is 0 Å². The molecule has 0 aliphatic heterocycles. The lowest BCUT2D eigenvalue weighted by molar-refractivity contribution is 0.595. The Hall–Kier alpha value is -10.3. The quantitative estimate of drug-likeness (QED) is 0.119. The van der Waals surface area contributed by atoms with Crippen LogP contribution in [-0.2, 0) is 16.2 Å². The van der Waals surface area contributed by atoms with Gasteiger partial charge in [0.15, 0.2) is 0 Å². The molecule has 0 atom stereocenters. The first kappa shape index (κ1) is 53.4. The first-order valence-corrected chi connectivity index (χ1v) is 30.7. The number of nitrogens with zero attached hydrogens (tertiary/aromatic N) is 2. The van der Waals surface area contributed by atoms with Gasteiger partial charge in [0, 0.05) is 33.5 Å². The van der Waals surface area contributed by atoms with Gasteiger partial charge in [-0.25, -0.2) is 0 Å². The van der Waals surface area contributed by atoms with Gasteiger partial charge in [-0.3, -0.25) is 0 Å². The number of anilines is 6. The first-order valence-electron chi connectivity index (χ1n) is 30.7. The smallest absolute Gasteiger partial charge is 0.0714 e. The zero-order valence-corrected chi connectivity index (χ0v) is 50.3. The maximum absolute atomic E-state index is 2.54. The first-order chi connectivity index (χ1) is 42.5. The normalized spacial score (nSPS) is 12.8. The molecule has 0 amide bonds. The molecule has 1 aliphatic carbocycles. The second kappa shape index (κ2) is 21.0. The molecule has 0 bridgehead atoms. The monoisotopic (exact) mass is 1120 g/mol. The van der Waals surface area contributed by atoms with Crippen LogP contribution in [0.2, 0.25) is 0 Å². The van der Waals surface area contributed by atoms with Gasteiger partial charge in [-0.1, -0.05) is 284 Å². The van der Waals surface area contributed by atoms with E-state index in [1.54, 1.807) is 0 Å². The summed E-state index contributed by atoms with van der Waals surface area (Å²) in [6.07, 6.45) is 0. The van der Waals surface area contributed by atoms with Gasteiger partial charge in [-0.2, -0.15) is 0 Å². The fourth-order valence-corrected chi connectivity index (χ4v) is 14.5. The highest BCUT2D eigenvalue weighted by atomic mass is 15.2. The molecule has 0 fully saturated rings. The van der Waals surface area contributed by atoms with Crippen LogP contribution >= 0.6 is 0 Å². The molecule has 2 nitrogen and oxygen atoms in total. The molecule has 14 aromatic carbocycles. The molecule has 0 unspecified atom stereocenters. The lowest BCUT2D eigenvalue weighted by Gasteiger charge is -2.36. The Balaban J connectivity index is 0.977. The summed E-state index contributed by atoms with van der Waals surface area (Å²) in [5, 5.41) is 7.53. The highest BCUT2D eigenvalue weighted by molar-refractivity contribution is 6.29. The van der Waals surface area contributed by atoms with E-state index in [0.29, 0.717) is 0 Å². The summed E-state index contributed by atoms with van der Waals surface area (Å²) in [4.78, 5) is 5.06. The second-order valence-electron chi connectivity index (χ2n) is 25.6. The van der Waals surface area contributed by atoms with E-state index in [0.717, 1.165) is 39.7 Å². The van der Waals surface area contributed by atoms with Crippen LogP contribution in [-0.4, -0.2) is 0 Å². The van der Waals surface area contributed by atoms with Crippen LogP contribution in [0.25, 0.3) is 76.8 Å². The van der Waals surface area contributed by atoms with E-state index in [1.807, 2.05) is 0 Å². The lowest BCUT2D eigenvalue weighted by atomic mass is 9.67. The molecule has 1 aliphatic rings. The molecule has 418 valence electrons. The average Bonchev–Trinajstić information content (AvgIpc) is 1.76. The van der Waals surface area contributed by atoms with Crippen molar-refractivity contribution < 1.29 is 0 Å². The van der Waals surface area contributed by atoms with E-state index in [4.69, 9.17) is 0 Å². The third-order valence-electron chi connectivity index (χ3n) is 18.3. The summed E-state index contributed by atoms with van der Waals surface area (Å²) >= 11 is 0. The minimum atomic E-state index is -0.562. The van der Waals surface area contributed by atoms with E-state index in [2.05, 4.69) is 355 Å². The largest absolute Gasteiger partial charge is 0.310 e. The number of benzene rings is 14. The summed E-state index contributed by atoms with van der Waals surface area (Å²) in [5.74, 6) is 0. The average molecular weight is 1120 g/mol. The molecular weight excluding hydrogens is 1050 g/mol. The van der Waals surface area contributed by atoms with Crippen molar-refractivity contribution in [2.45, 2.75) is 57.8 Å². The highest BCUT2D eigenvalue weighted by Crippen LogP contribution is 2.58. The van der Waals surface area contributed by atoms with Gasteiger partial charge in [-0.05, 0) is 171 Å². The summed E-state index contributed by atoms with van der Waals surface area (Å²) in [5.41, 5.74) is 23.1. The summed E-state index contributed by atoms with van der Waals surface area (Å²) < 4.78 is 0. The molecule has 14 aromatic rings. The number of hydrogen-bond acceptors (Lipinski definition) is 2. The van der Waals surface area contributed by atoms with Crippen molar-refractivity contribution in [3.63, 3.8) is 0 Å². The molecule has 0 spiro atoms. The van der Waals surface area contributed by atoms with Crippen molar-refractivity contribution >= 4 is 66.4 Å². The third kappa shape index (κ3) is 8.84. The van der Waals surface area contributed by atoms with Crippen molar-refractivity contribution in [2.75, 3.05) is 9.80 Å². The van der Waals surface area contributed by atoms with E-state index in [-0.39, 0.29) is 10.8 Å². The van der Waals surface area contributed by atoms with Crippen LogP contribution in [0.15, 0.2) is 303 Å². The predicted molar refractivity (Wildman–Crippen MR) is 371 cm³/mol. The Morgan fingerprint density at radius 3 is 1.08 bits per heavy atom. The van der Waals surface area contributed by atoms with E-state index < -0.39 is 5.41 Å². The predicted octanol–water partition coefficient (Wildman–Crippen LogP) is 23.5. The molecule has 0 saturated carbocycles. The van der Waals surface area contributed by atoms with Crippen LogP contribution in [0.3, 0.4) is 0 Å². The van der Waals surface area contributed by atoms with Crippen LogP contribution in [0.4, 0.5) is 34.1 Å². The van der Waals surface area contributed by atoms with Crippen LogP contribution in [0.5, 0.6) is 0 Å². The number of para-hydroxylation sites is 2. The lowest BCUT2D eigenvalue weighted by Crippen LogP contribution is -2.28. The summed E-state index contributed by atoms with van der Waals surface area (Å²) in [6, 6.07) is 113. The van der Waals surface area contributed by atoms with Gasteiger partial charge >= 0.3 is 0 Å². The molecule has 0 radical (unpaired) electrons. The molecule has 15 rings (SSSR count). The van der Waals surface area contributed by atoms with Crippen molar-refractivity contribution in [2.24, 2.45) is 0 Å². The molecule has 0 heterocycles. The highest BCUT2D eigenvalue weighted by Gasteiger charge is 2.46. The minimum absolute atomic E-state index is 0.218. The Bertz CT molecular complexity index is 4830. The van der Waals surface area contributed by atoms with Crippen molar-refractivity contribution in [3.8, 4) is 44.5 Å². The molecule has 2 heteroatoms. The topological polar surface area (TPSA) is 6.48 Å². The Labute approximate surface area is 512 Å². The summed E-state index contributed by atoms with van der Waals surface area (Å²) in [6.45, 7) is 14.3. The van der Waals surface area contributed by atoms with Gasteiger partial charge in [0.2, 0.25) is 0 Å². The Kier molecular flexibility index (Phi) is 12.9. The van der Waals surface area contributed by atoms with Gasteiger partial charge in [0.25, 0.3) is 0 Å². The van der Waals surface area contributed by atoms with Crippen LogP contribution in [0, 0.1) is 0 Å². The zero-order chi connectivity index (χ0) is 59.0. The van der Waals surface area contributed by atoms with E-state index in [9.17, 15) is 0 Å². The fourth-order valence-electron chi connectivity index (χ4n) is 14.5. The van der Waals surface area contributed by atoms with Crippen molar-refractivity contribution in [1.82, 2.24) is 0 Å². The standard InChI is InChI=1S/C85H68N2/c1-83(2,3)77-55-79(86(61-35-15-9-16-36-61)63-39-27-31-58(53-63)66-42-20-22-44-68(66)67-43-21-19-41-65(67)57-29-11-7-12-30-57)73-51-49-72-78(84(4,5)6)56-80(74-52-50-71(77)81(73)82(72)74)87(62-37-17-10-18-38-62)64-40-28-34-60(54-64)85(59-32-13-8-14-33-59)75-47-25-23-45-69(75)70-46-24-26-48-76(70)85/h7-56H,1-6H3. The van der Waals surface area contributed by atoms with Gasteiger partial charge < -0.3 is 9.80 Å². The molecular formula is C85H68N2. The maximum Gasteiger partial charge on any atom is 0.0714 e. The fraction of sp³-hybridized carbons (Fsp3) is 0.106. The Morgan fingerprint density at radius 1 is 0.253 bits per heavy atom. The molecule has 87 heavy (non-hydrogen) atoms. The zero-order valence-electron chi connectivity index (χ0n) is 50.3. The molecule has 0 aromatic heterocycles. The van der Waals surface area contributed by atoms with Crippen LogP contribution < -0.4 is 9.80 Å². The van der Waals surface area contributed by atoms with Crippen molar-refractivity contribution in [3.05, 3.63) is 337 Å². The summed E-state index contributed by atoms with van der Waals surface area (Å²) in [7, 11) is 0. The number of hydrogen-bond donors (Lipinski definition) is 0. The van der Waals surface area contributed by atoms with Gasteiger partial charge in [0.05, 0.1) is 16.8 Å². The SMILES string of the molecule is CC(C)(C)c1cc(N(c2ccccc2)c2cccc(-c3ccccc3-c3ccccc3-c3ccccc3)c2)c2ccc3c(C(C)(C)C)cc(N(c4ccccc4)c4cccc(C5(c6ccccc6)c6ccccc6-c6ccccc65)c4)c4ccc1c2c43. The Morgan fingerprint density at radius 2 is 0.598 bits per heavy atom.